The number of anilines is 2. The highest BCUT2D eigenvalue weighted by Crippen LogP contribution is 2.28. The third-order valence-corrected chi connectivity index (χ3v) is 2.61. The molecule has 0 aromatic carbocycles. The Morgan fingerprint density at radius 1 is 1.42 bits per heavy atom. The predicted octanol–water partition coefficient (Wildman–Crippen LogP) is 0.768. The Morgan fingerprint density at radius 2 is 2.16 bits per heavy atom. The van der Waals surface area contributed by atoms with E-state index in [1.54, 1.807) is 0 Å². The van der Waals surface area contributed by atoms with Crippen LogP contribution in [-0.4, -0.2) is 28.5 Å². The maximum absolute atomic E-state index is 12.5. The zero-order valence-electron chi connectivity index (χ0n) is 9.79. The molecule has 0 aliphatic carbocycles. The first-order valence-corrected chi connectivity index (χ1v) is 5.62. The molecule has 1 fully saturated rings. The van der Waals surface area contributed by atoms with Crippen LogP contribution in [0.25, 0.3) is 0 Å². The average molecular weight is 275 g/mol. The monoisotopic (exact) mass is 275 g/mol. The number of carbonyl (C=O) groups is 1. The van der Waals surface area contributed by atoms with Crippen LogP contribution in [0.15, 0.2) is 6.07 Å². The Morgan fingerprint density at radius 3 is 2.79 bits per heavy atom. The molecule has 19 heavy (non-hydrogen) atoms. The number of nitrogen functional groups attached to an aromatic ring is 1. The quantitative estimate of drug-likeness (QED) is 0.741. The van der Waals surface area contributed by atoms with Gasteiger partial charge >= 0.3 is 6.18 Å². The highest BCUT2D eigenvalue weighted by atomic mass is 19.4. The Hall–Kier alpha value is -2.06. The molecule has 2 rings (SSSR count). The number of amides is 1. The van der Waals surface area contributed by atoms with Crippen molar-refractivity contribution in [1.82, 2.24) is 15.3 Å². The molecule has 1 aliphatic rings. The lowest BCUT2D eigenvalue weighted by atomic mass is 10.1. The summed E-state index contributed by atoms with van der Waals surface area (Å²) in [5.74, 6) is -2.01. The van der Waals surface area contributed by atoms with E-state index in [1.165, 1.54) is 0 Å². The number of hydrogen-bond acceptors (Lipinski definition) is 5. The molecular weight excluding hydrogens is 263 g/mol. The van der Waals surface area contributed by atoms with E-state index in [9.17, 15) is 18.0 Å². The fourth-order valence-electron chi connectivity index (χ4n) is 1.76. The van der Waals surface area contributed by atoms with Crippen molar-refractivity contribution < 1.29 is 18.0 Å². The number of alkyl halides is 3. The van der Waals surface area contributed by atoms with Gasteiger partial charge in [-0.25, -0.2) is 9.97 Å². The van der Waals surface area contributed by atoms with Gasteiger partial charge in [-0.05, 0) is 12.8 Å². The SMILES string of the molecule is Nc1cc(NC2CCCNC2=O)nc(C(F)(F)F)n1. The number of hydrogen-bond donors (Lipinski definition) is 3. The van der Waals surface area contributed by atoms with Gasteiger partial charge < -0.3 is 16.4 Å². The molecule has 1 atom stereocenters. The minimum Gasteiger partial charge on any atom is -0.384 e. The van der Waals surface area contributed by atoms with Gasteiger partial charge in [-0.2, -0.15) is 13.2 Å². The predicted molar refractivity (Wildman–Crippen MR) is 61.1 cm³/mol. The van der Waals surface area contributed by atoms with Crippen molar-refractivity contribution in [3.05, 3.63) is 11.9 Å². The zero-order chi connectivity index (χ0) is 14.0. The summed E-state index contributed by atoms with van der Waals surface area (Å²) in [5, 5.41) is 5.25. The average Bonchev–Trinajstić information content (AvgIpc) is 2.30. The number of aromatic nitrogens is 2. The van der Waals surface area contributed by atoms with E-state index in [2.05, 4.69) is 20.6 Å². The van der Waals surface area contributed by atoms with Gasteiger partial charge in [0.1, 0.15) is 17.7 Å². The molecule has 1 unspecified atom stereocenters. The molecular formula is C10H12F3N5O. The van der Waals surface area contributed by atoms with Gasteiger partial charge in [0.2, 0.25) is 11.7 Å². The van der Waals surface area contributed by atoms with Crippen molar-refractivity contribution in [2.45, 2.75) is 25.1 Å². The number of carbonyl (C=O) groups excluding carboxylic acids is 1. The summed E-state index contributed by atoms with van der Waals surface area (Å²) in [7, 11) is 0. The molecule has 9 heteroatoms. The normalized spacial score (nSPS) is 19.9. The van der Waals surface area contributed by atoms with Crippen LogP contribution in [0.4, 0.5) is 24.8 Å². The van der Waals surface area contributed by atoms with Crippen molar-refractivity contribution in [1.29, 1.82) is 0 Å². The summed E-state index contributed by atoms with van der Waals surface area (Å²) in [5.41, 5.74) is 5.30. The number of nitrogens with two attached hydrogens (primary N) is 1. The lowest BCUT2D eigenvalue weighted by Gasteiger charge is -2.23. The van der Waals surface area contributed by atoms with Crippen LogP contribution in [0, 0.1) is 0 Å². The summed E-state index contributed by atoms with van der Waals surface area (Å²) < 4.78 is 37.5. The van der Waals surface area contributed by atoms with Crippen LogP contribution in [0.3, 0.4) is 0 Å². The van der Waals surface area contributed by atoms with E-state index in [4.69, 9.17) is 5.73 Å². The molecule has 6 nitrogen and oxygen atoms in total. The van der Waals surface area contributed by atoms with Crippen LogP contribution < -0.4 is 16.4 Å². The second-order valence-electron chi connectivity index (χ2n) is 4.13. The van der Waals surface area contributed by atoms with E-state index in [-0.39, 0.29) is 17.5 Å². The van der Waals surface area contributed by atoms with Gasteiger partial charge in [-0.1, -0.05) is 0 Å². The van der Waals surface area contributed by atoms with Gasteiger partial charge in [0.05, 0.1) is 0 Å². The summed E-state index contributed by atoms with van der Waals surface area (Å²) >= 11 is 0. The molecule has 0 bridgehead atoms. The Kier molecular flexibility index (Phi) is 3.45. The van der Waals surface area contributed by atoms with Crippen molar-refractivity contribution in [3.8, 4) is 0 Å². The maximum Gasteiger partial charge on any atom is 0.451 e. The van der Waals surface area contributed by atoms with Gasteiger partial charge in [-0.15, -0.1) is 0 Å². The third-order valence-electron chi connectivity index (χ3n) is 2.61. The van der Waals surface area contributed by atoms with E-state index in [1.807, 2.05) is 0 Å². The molecule has 0 radical (unpaired) electrons. The molecule has 1 aromatic heterocycles. The van der Waals surface area contributed by atoms with Crippen LogP contribution in [0.2, 0.25) is 0 Å². The smallest absolute Gasteiger partial charge is 0.384 e. The number of nitrogens with zero attached hydrogens (tertiary/aromatic N) is 2. The van der Waals surface area contributed by atoms with Crippen molar-refractivity contribution in [2.75, 3.05) is 17.6 Å². The molecule has 104 valence electrons. The summed E-state index contributed by atoms with van der Waals surface area (Å²) in [4.78, 5) is 17.9. The summed E-state index contributed by atoms with van der Waals surface area (Å²) in [6.45, 7) is 0.566. The van der Waals surface area contributed by atoms with E-state index < -0.39 is 18.0 Å². The number of rotatable bonds is 2. The summed E-state index contributed by atoms with van der Waals surface area (Å²) in [6.07, 6.45) is -3.41. The molecule has 2 heterocycles. The highest BCUT2D eigenvalue weighted by Gasteiger charge is 2.35. The highest BCUT2D eigenvalue weighted by molar-refractivity contribution is 5.85. The Balaban J connectivity index is 2.20. The minimum absolute atomic E-state index is 0.109. The Bertz CT molecular complexity index is 491. The Labute approximate surface area is 106 Å². The van der Waals surface area contributed by atoms with Gasteiger partial charge in [0.25, 0.3) is 0 Å². The third kappa shape index (κ3) is 3.24. The summed E-state index contributed by atoms with van der Waals surface area (Å²) in [6, 6.07) is 0.557. The first-order chi connectivity index (χ1) is 8.86. The van der Waals surface area contributed by atoms with E-state index in [0.717, 1.165) is 12.5 Å². The first-order valence-electron chi connectivity index (χ1n) is 5.62. The second kappa shape index (κ2) is 4.90. The van der Waals surface area contributed by atoms with Crippen molar-refractivity contribution in [3.63, 3.8) is 0 Å². The van der Waals surface area contributed by atoms with Gasteiger partial charge in [0.15, 0.2) is 0 Å². The number of piperidine rings is 1. The zero-order valence-corrected chi connectivity index (χ0v) is 9.79. The largest absolute Gasteiger partial charge is 0.451 e. The van der Waals surface area contributed by atoms with E-state index >= 15 is 0 Å². The molecule has 1 saturated heterocycles. The first kappa shape index (κ1) is 13.4. The number of halogens is 3. The molecule has 4 N–H and O–H groups in total. The topological polar surface area (TPSA) is 92.9 Å². The molecule has 1 aromatic rings. The molecule has 1 aliphatic heterocycles. The molecule has 1 amide bonds. The lowest BCUT2D eigenvalue weighted by molar-refractivity contribution is -0.144. The lowest BCUT2D eigenvalue weighted by Crippen LogP contribution is -2.44. The van der Waals surface area contributed by atoms with E-state index in [0.29, 0.717) is 13.0 Å². The fraction of sp³-hybridized carbons (Fsp3) is 0.500. The maximum atomic E-state index is 12.5. The van der Waals surface area contributed by atoms with Crippen LogP contribution in [0.5, 0.6) is 0 Å². The van der Waals surface area contributed by atoms with Crippen molar-refractivity contribution in [2.24, 2.45) is 0 Å². The molecule has 0 spiro atoms. The number of nitrogens with one attached hydrogen (secondary N) is 2. The fourth-order valence-corrected chi connectivity index (χ4v) is 1.76. The van der Waals surface area contributed by atoms with Gasteiger partial charge in [-0.3, -0.25) is 4.79 Å². The minimum atomic E-state index is -4.68. The van der Waals surface area contributed by atoms with Gasteiger partial charge in [0, 0.05) is 12.6 Å². The van der Waals surface area contributed by atoms with Crippen molar-refractivity contribution >= 4 is 17.5 Å². The second-order valence-corrected chi connectivity index (χ2v) is 4.13. The van der Waals surface area contributed by atoms with Crippen LogP contribution in [-0.2, 0) is 11.0 Å². The standard InChI is InChI=1S/C10H12F3N5O/c11-10(12,13)9-17-6(14)4-7(18-9)16-5-2-1-3-15-8(5)19/h4-5H,1-3H2,(H,15,19)(H3,14,16,17,18). The molecule has 0 saturated carbocycles. The van der Waals surface area contributed by atoms with Crippen LogP contribution in [0.1, 0.15) is 18.7 Å². The van der Waals surface area contributed by atoms with Crippen LogP contribution >= 0.6 is 0 Å².